The van der Waals surface area contributed by atoms with Crippen LogP contribution in [0.15, 0.2) is 41.5 Å². The summed E-state index contributed by atoms with van der Waals surface area (Å²) in [5, 5.41) is 10.3. The quantitative estimate of drug-likeness (QED) is 0.636. The van der Waals surface area contributed by atoms with Crippen LogP contribution in [0.2, 0.25) is 0 Å². The van der Waals surface area contributed by atoms with Crippen LogP contribution in [-0.4, -0.2) is 53.5 Å². The zero-order chi connectivity index (χ0) is 22.8. The summed E-state index contributed by atoms with van der Waals surface area (Å²) in [7, 11) is 1.64. The number of rotatable bonds is 3. The molecule has 2 fully saturated rings. The Hall–Kier alpha value is -3.29. The molecule has 0 unspecified atom stereocenters. The molecule has 174 valence electrons. The van der Waals surface area contributed by atoms with Crippen LogP contribution in [0.1, 0.15) is 44.1 Å². The van der Waals surface area contributed by atoms with Crippen molar-refractivity contribution in [1.82, 2.24) is 9.88 Å². The van der Waals surface area contributed by atoms with Gasteiger partial charge in [0.15, 0.2) is 5.82 Å². The minimum atomic E-state index is -0.441. The van der Waals surface area contributed by atoms with Gasteiger partial charge in [0, 0.05) is 18.4 Å². The zero-order valence-corrected chi connectivity index (χ0v) is 19.4. The van der Waals surface area contributed by atoms with Crippen molar-refractivity contribution in [3.8, 4) is 5.75 Å². The summed E-state index contributed by atoms with van der Waals surface area (Å²) < 4.78 is 5.28. The minimum Gasteiger partial charge on any atom is -0.497 e. The van der Waals surface area contributed by atoms with Crippen LogP contribution < -0.4 is 20.7 Å². The molecule has 3 N–H and O–H groups in total. The van der Waals surface area contributed by atoms with E-state index in [1.165, 1.54) is 12.8 Å². The van der Waals surface area contributed by atoms with E-state index in [-0.39, 0.29) is 6.03 Å². The number of hydrogen-bond donors (Lipinski definition) is 3. The standard InChI is InChI=1S/C25H32N6O2/c1-17-15-19(33-2)10-11-20(17)28-24(32)31-14-6-12-25(16-31)23(27-18-7-3-4-8-18)29-22-21(30-25)9-5-13-26-22/h5,9-11,13,15,18,30H,3-4,6-8,12,14,16H2,1-2H3,(H,28,32)(H,26,27,29)/t25-/m1/s1. The zero-order valence-electron chi connectivity index (χ0n) is 19.4. The molecule has 2 amide bonds. The maximum absolute atomic E-state index is 13.3. The fraction of sp³-hybridized carbons (Fsp3) is 0.480. The molecule has 2 aliphatic heterocycles. The van der Waals surface area contributed by atoms with Crippen molar-refractivity contribution in [2.24, 2.45) is 4.99 Å². The molecule has 0 bridgehead atoms. The van der Waals surface area contributed by atoms with Gasteiger partial charge in [0.1, 0.15) is 17.1 Å². The first-order valence-corrected chi connectivity index (χ1v) is 11.9. The number of carbonyl (C=O) groups is 1. The highest BCUT2D eigenvalue weighted by Crippen LogP contribution is 2.36. The Morgan fingerprint density at radius 3 is 2.91 bits per heavy atom. The van der Waals surface area contributed by atoms with Gasteiger partial charge in [-0.3, -0.25) is 4.99 Å². The number of nitrogens with zero attached hydrogens (tertiary/aromatic N) is 3. The highest BCUT2D eigenvalue weighted by atomic mass is 16.5. The fourth-order valence-electron chi connectivity index (χ4n) is 5.15. The second-order valence-corrected chi connectivity index (χ2v) is 9.28. The van der Waals surface area contributed by atoms with Crippen molar-refractivity contribution in [3.63, 3.8) is 0 Å². The van der Waals surface area contributed by atoms with Crippen LogP contribution in [0.4, 0.5) is 22.0 Å². The van der Waals surface area contributed by atoms with Gasteiger partial charge in [0.2, 0.25) is 0 Å². The Morgan fingerprint density at radius 1 is 1.27 bits per heavy atom. The van der Waals surface area contributed by atoms with Crippen LogP contribution >= 0.6 is 0 Å². The predicted molar refractivity (Wildman–Crippen MR) is 131 cm³/mol. The van der Waals surface area contributed by atoms with Gasteiger partial charge < -0.3 is 25.6 Å². The molecule has 0 radical (unpaired) electrons. The normalized spacial score (nSPS) is 23.7. The van der Waals surface area contributed by atoms with Gasteiger partial charge in [0.25, 0.3) is 0 Å². The number of carbonyl (C=O) groups excluding carboxylic acids is 1. The SMILES string of the molecule is COc1ccc(NC(=O)N2CCC[C@]3(C2)Nc2cccnc2NC3=NC2CCCC2)c(C)c1. The number of ether oxygens (including phenoxy) is 1. The fourth-order valence-corrected chi connectivity index (χ4v) is 5.15. The lowest BCUT2D eigenvalue weighted by molar-refractivity contribution is 0.186. The Kier molecular flexibility index (Phi) is 5.83. The maximum atomic E-state index is 13.3. The van der Waals surface area contributed by atoms with Crippen molar-refractivity contribution in [3.05, 3.63) is 42.1 Å². The highest BCUT2D eigenvalue weighted by molar-refractivity contribution is 6.09. The van der Waals surface area contributed by atoms with E-state index in [0.29, 0.717) is 19.1 Å². The second-order valence-electron chi connectivity index (χ2n) is 9.28. The molecule has 1 aromatic carbocycles. The van der Waals surface area contributed by atoms with Gasteiger partial charge in [-0.1, -0.05) is 12.8 Å². The topological polar surface area (TPSA) is 90.9 Å². The first-order valence-electron chi connectivity index (χ1n) is 11.9. The van der Waals surface area contributed by atoms with Crippen molar-refractivity contribution >= 4 is 29.1 Å². The third kappa shape index (κ3) is 4.34. The van der Waals surface area contributed by atoms with Gasteiger partial charge in [-0.05, 0) is 68.5 Å². The van der Waals surface area contributed by atoms with E-state index in [9.17, 15) is 4.79 Å². The largest absolute Gasteiger partial charge is 0.497 e. The lowest BCUT2D eigenvalue weighted by Gasteiger charge is -2.47. The summed E-state index contributed by atoms with van der Waals surface area (Å²) in [6, 6.07) is 9.88. The van der Waals surface area contributed by atoms with Gasteiger partial charge in [-0.2, -0.15) is 0 Å². The molecule has 1 spiro atoms. The number of anilines is 3. The first-order chi connectivity index (χ1) is 16.1. The minimum absolute atomic E-state index is 0.0960. The molecule has 2 aromatic rings. The molecule has 8 heteroatoms. The van der Waals surface area contributed by atoms with Gasteiger partial charge in [-0.25, -0.2) is 9.78 Å². The number of likely N-dealkylation sites (tertiary alicyclic amines) is 1. The van der Waals surface area contributed by atoms with Crippen LogP contribution in [0, 0.1) is 6.92 Å². The van der Waals surface area contributed by atoms with Gasteiger partial charge in [-0.15, -0.1) is 0 Å². The number of hydrogen-bond acceptors (Lipinski definition) is 5. The number of benzene rings is 1. The van der Waals surface area contributed by atoms with E-state index in [2.05, 4.69) is 20.9 Å². The molecule has 1 saturated carbocycles. The van der Waals surface area contributed by atoms with Crippen LogP contribution in [0.5, 0.6) is 5.75 Å². The molecule has 1 aliphatic carbocycles. The van der Waals surface area contributed by atoms with Gasteiger partial charge in [0.05, 0.1) is 25.4 Å². The number of amidine groups is 1. The summed E-state index contributed by atoms with van der Waals surface area (Å²) in [5.74, 6) is 2.49. The summed E-state index contributed by atoms with van der Waals surface area (Å²) in [6.45, 7) is 3.22. The summed E-state index contributed by atoms with van der Waals surface area (Å²) >= 11 is 0. The molecular weight excluding hydrogens is 416 g/mol. The van der Waals surface area contributed by atoms with Gasteiger partial charge >= 0.3 is 6.03 Å². The monoisotopic (exact) mass is 448 g/mol. The lowest BCUT2D eigenvalue weighted by Crippen LogP contribution is -2.63. The number of aryl methyl sites for hydroxylation is 1. The highest BCUT2D eigenvalue weighted by Gasteiger charge is 2.45. The molecule has 1 aromatic heterocycles. The molecule has 8 nitrogen and oxygen atoms in total. The molecule has 1 saturated heterocycles. The van der Waals surface area contributed by atoms with E-state index in [4.69, 9.17) is 9.73 Å². The number of nitrogens with one attached hydrogen (secondary N) is 3. The molecule has 3 aliphatic rings. The van der Waals surface area contributed by atoms with Crippen molar-refractivity contribution in [2.75, 3.05) is 36.1 Å². The number of methoxy groups -OCH3 is 1. The molecular formula is C25H32N6O2. The van der Waals surface area contributed by atoms with Crippen LogP contribution in [0.3, 0.4) is 0 Å². The van der Waals surface area contributed by atoms with E-state index in [1.807, 2.05) is 42.2 Å². The summed E-state index contributed by atoms with van der Waals surface area (Å²) in [5.41, 5.74) is 2.28. The molecule has 33 heavy (non-hydrogen) atoms. The van der Waals surface area contributed by atoms with E-state index in [0.717, 1.165) is 60.0 Å². The lowest BCUT2D eigenvalue weighted by atomic mass is 9.85. The number of aliphatic imine (C=N–C) groups is 1. The first kappa shape index (κ1) is 21.6. The van der Waals surface area contributed by atoms with E-state index < -0.39 is 5.54 Å². The number of amides is 2. The third-order valence-electron chi connectivity index (χ3n) is 6.96. The van der Waals surface area contributed by atoms with Crippen LogP contribution in [0.25, 0.3) is 0 Å². The maximum Gasteiger partial charge on any atom is 0.321 e. The van der Waals surface area contributed by atoms with Crippen molar-refractivity contribution in [1.29, 1.82) is 0 Å². The molecule has 5 rings (SSSR count). The average molecular weight is 449 g/mol. The third-order valence-corrected chi connectivity index (χ3v) is 6.96. The number of urea groups is 1. The average Bonchev–Trinajstić information content (AvgIpc) is 3.34. The Morgan fingerprint density at radius 2 is 2.12 bits per heavy atom. The molecule has 3 heterocycles. The van der Waals surface area contributed by atoms with E-state index >= 15 is 0 Å². The second kappa shape index (κ2) is 8.92. The molecule has 1 atom stereocenters. The number of pyridine rings is 1. The summed E-state index contributed by atoms with van der Waals surface area (Å²) in [6.07, 6.45) is 8.29. The Labute approximate surface area is 194 Å². The number of fused-ring (bicyclic) bond motifs is 1. The van der Waals surface area contributed by atoms with Crippen LogP contribution in [-0.2, 0) is 0 Å². The Balaban J connectivity index is 1.40. The number of aromatic nitrogens is 1. The smallest absolute Gasteiger partial charge is 0.321 e. The van der Waals surface area contributed by atoms with Crippen molar-refractivity contribution in [2.45, 2.75) is 57.0 Å². The Bertz CT molecular complexity index is 1060. The van der Waals surface area contributed by atoms with Crippen molar-refractivity contribution < 1.29 is 9.53 Å². The number of piperidine rings is 1. The van der Waals surface area contributed by atoms with E-state index in [1.54, 1.807) is 13.3 Å². The summed E-state index contributed by atoms with van der Waals surface area (Å²) in [4.78, 5) is 24.8. The predicted octanol–water partition coefficient (Wildman–Crippen LogP) is 4.64.